The zero-order valence-corrected chi connectivity index (χ0v) is 12.1. The SMILES string of the molecule is Cc1csc(CNc2cccc(-c3nnnn3C)c2)n1. The Bertz CT molecular complexity index is 717. The minimum atomic E-state index is 0.721. The van der Waals surface area contributed by atoms with Gasteiger partial charge in [0.05, 0.1) is 6.54 Å². The van der Waals surface area contributed by atoms with Gasteiger partial charge in [0.15, 0.2) is 5.82 Å². The third-order valence-corrected chi connectivity index (χ3v) is 3.82. The highest BCUT2D eigenvalue weighted by Gasteiger charge is 2.06. The Morgan fingerprint density at radius 2 is 2.25 bits per heavy atom. The number of nitrogens with one attached hydrogen (secondary N) is 1. The Morgan fingerprint density at radius 3 is 2.95 bits per heavy atom. The first-order valence-corrected chi connectivity index (χ1v) is 7.08. The van der Waals surface area contributed by atoms with E-state index in [-0.39, 0.29) is 0 Å². The Hall–Kier alpha value is -2.28. The molecular weight excluding hydrogens is 272 g/mol. The fraction of sp³-hybridized carbons (Fsp3) is 0.231. The van der Waals surface area contributed by atoms with Crippen LogP contribution in [-0.4, -0.2) is 25.2 Å². The third-order valence-electron chi connectivity index (χ3n) is 2.85. The molecule has 0 aliphatic carbocycles. The monoisotopic (exact) mass is 286 g/mol. The van der Waals surface area contributed by atoms with Gasteiger partial charge >= 0.3 is 0 Å². The molecule has 0 spiro atoms. The summed E-state index contributed by atoms with van der Waals surface area (Å²) in [6.07, 6.45) is 0. The number of rotatable bonds is 4. The number of aromatic nitrogens is 5. The van der Waals surface area contributed by atoms with Gasteiger partial charge in [-0.1, -0.05) is 12.1 Å². The Morgan fingerprint density at radius 1 is 1.35 bits per heavy atom. The first-order chi connectivity index (χ1) is 9.72. The van der Waals surface area contributed by atoms with Crippen LogP contribution in [0.2, 0.25) is 0 Å². The second-order valence-corrected chi connectivity index (χ2v) is 5.39. The van der Waals surface area contributed by atoms with E-state index in [0.717, 1.165) is 34.3 Å². The van der Waals surface area contributed by atoms with Gasteiger partial charge in [0.1, 0.15) is 5.01 Å². The molecule has 0 unspecified atom stereocenters. The highest BCUT2D eigenvalue weighted by Crippen LogP contribution is 2.20. The second-order valence-electron chi connectivity index (χ2n) is 4.44. The molecule has 1 aromatic carbocycles. The van der Waals surface area contributed by atoms with E-state index < -0.39 is 0 Å². The van der Waals surface area contributed by atoms with E-state index in [9.17, 15) is 0 Å². The lowest BCUT2D eigenvalue weighted by atomic mass is 10.2. The van der Waals surface area contributed by atoms with Crippen LogP contribution < -0.4 is 5.32 Å². The van der Waals surface area contributed by atoms with Crippen molar-refractivity contribution >= 4 is 17.0 Å². The molecule has 0 amide bonds. The van der Waals surface area contributed by atoms with Crippen LogP contribution in [0, 0.1) is 6.92 Å². The first kappa shape index (κ1) is 12.7. The summed E-state index contributed by atoms with van der Waals surface area (Å²) >= 11 is 1.66. The molecule has 0 radical (unpaired) electrons. The van der Waals surface area contributed by atoms with Crippen LogP contribution in [0.1, 0.15) is 10.7 Å². The largest absolute Gasteiger partial charge is 0.379 e. The zero-order valence-electron chi connectivity index (χ0n) is 11.2. The fourth-order valence-electron chi connectivity index (χ4n) is 1.90. The zero-order chi connectivity index (χ0) is 13.9. The van der Waals surface area contributed by atoms with Crippen LogP contribution in [0.15, 0.2) is 29.6 Å². The normalized spacial score (nSPS) is 10.7. The number of nitrogens with zero attached hydrogens (tertiary/aromatic N) is 5. The van der Waals surface area contributed by atoms with Crippen LogP contribution >= 0.6 is 11.3 Å². The minimum Gasteiger partial charge on any atom is -0.379 e. The predicted octanol–water partition coefficient (Wildman–Crippen LogP) is 2.25. The van der Waals surface area contributed by atoms with Crippen molar-refractivity contribution in [2.45, 2.75) is 13.5 Å². The number of hydrogen-bond donors (Lipinski definition) is 1. The summed E-state index contributed by atoms with van der Waals surface area (Å²) in [7, 11) is 1.83. The summed E-state index contributed by atoms with van der Waals surface area (Å²) in [5, 5.41) is 18.0. The number of aryl methyl sites for hydroxylation is 2. The molecule has 2 heterocycles. The van der Waals surface area contributed by atoms with Crippen LogP contribution in [-0.2, 0) is 13.6 Å². The van der Waals surface area contributed by atoms with Gasteiger partial charge in [0.2, 0.25) is 0 Å². The quantitative estimate of drug-likeness (QED) is 0.796. The van der Waals surface area contributed by atoms with Crippen molar-refractivity contribution in [3.63, 3.8) is 0 Å². The van der Waals surface area contributed by atoms with E-state index in [1.807, 2.05) is 38.2 Å². The van der Waals surface area contributed by atoms with Crippen molar-refractivity contribution in [2.24, 2.45) is 7.05 Å². The number of hydrogen-bond acceptors (Lipinski definition) is 6. The van der Waals surface area contributed by atoms with Crippen molar-refractivity contribution in [1.29, 1.82) is 0 Å². The van der Waals surface area contributed by atoms with Crippen LogP contribution in [0.25, 0.3) is 11.4 Å². The molecule has 6 nitrogen and oxygen atoms in total. The fourth-order valence-corrected chi connectivity index (χ4v) is 2.62. The Labute approximate surface area is 120 Å². The maximum Gasteiger partial charge on any atom is 0.181 e. The molecule has 0 saturated carbocycles. The summed E-state index contributed by atoms with van der Waals surface area (Å²) in [6, 6.07) is 8.03. The lowest BCUT2D eigenvalue weighted by Gasteiger charge is -2.06. The van der Waals surface area contributed by atoms with Gasteiger partial charge in [-0.2, -0.15) is 0 Å². The van der Waals surface area contributed by atoms with E-state index in [1.165, 1.54) is 0 Å². The van der Waals surface area contributed by atoms with Crippen LogP contribution in [0.4, 0.5) is 5.69 Å². The van der Waals surface area contributed by atoms with Gasteiger partial charge in [-0.15, -0.1) is 16.4 Å². The molecule has 3 rings (SSSR count). The van der Waals surface area contributed by atoms with Crippen molar-refractivity contribution in [3.05, 3.63) is 40.3 Å². The maximum atomic E-state index is 4.43. The molecule has 0 bridgehead atoms. The van der Waals surface area contributed by atoms with E-state index in [0.29, 0.717) is 0 Å². The van der Waals surface area contributed by atoms with Crippen molar-refractivity contribution in [1.82, 2.24) is 25.2 Å². The smallest absolute Gasteiger partial charge is 0.181 e. The lowest BCUT2D eigenvalue weighted by molar-refractivity contribution is 0.714. The number of anilines is 1. The summed E-state index contributed by atoms with van der Waals surface area (Å²) in [4.78, 5) is 4.43. The van der Waals surface area contributed by atoms with Crippen LogP contribution in [0.3, 0.4) is 0 Å². The number of benzene rings is 1. The molecule has 7 heteroatoms. The van der Waals surface area contributed by atoms with Crippen molar-refractivity contribution in [3.8, 4) is 11.4 Å². The molecule has 0 atom stereocenters. The Balaban J connectivity index is 1.76. The molecule has 0 aliphatic heterocycles. The van der Waals surface area contributed by atoms with E-state index in [4.69, 9.17) is 0 Å². The molecule has 0 aliphatic rings. The third kappa shape index (κ3) is 2.67. The molecular formula is C13H14N6S. The molecule has 3 aromatic rings. The van der Waals surface area contributed by atoms with Crippen LogP contribution in [0.5, 0.6) is 0 Å². The van der Waals surface area contributed by atoms with Gasteiger partial charge in [0.25, 0.3) is 0 Å². The molecule has 0 saturated heterocycles. The maximum absolute atomic E-state index is 4.43. The average molecular weight is 286 g/mol. The number of tetrazole rings is 1. The van der Waals surface area contributed by atoms with Crippen molar-refractivity contribution in [2.75, 3.05) is 5.32 Å². The molecule has 2 aromatic heterocycles. The summed E-state index contributed by atoms with van der Waals surface area (Å²) in [5.41, 5.74) is 3.07. The second kappa shape index (κ2) is 5.38. The molecule has 20 heavy (non-hydrogen) atoms. The summed E-state index contributed by atoms with van der Waals surface area (Å²) in [6.45, 7) is 2.72. The highest BCUT2D eigenvalue weighted by atomic mass is 32.1. The molecule has 102 valence electrons. The minimum absolute atomic E-state index is 0.721. The number of thiazole rings is 1. The van der Waals surface area contributed by atoms with Gasteiger partial charge in [-0.25, -0.2) is 9.67 Å². The van der Waals surface area contributed by atoms with Crippen molar-refractivity contribution < 1.29 is 0 Å². The van der Waals surface area contributed by atoms with Gasteiger partial charge in [0, 0.05) is 29.4 Å². The first-order valence-electron chi connectivity index (χ1n) is 6.20. The van der Waals surface area contributed by atoms with Gasteiger partial charge < -0.3 is 5.32 Å². The lowest BCUT2D eigenvalue weighted by Crippen LogP contribution is -2.00. The van der Waals surface area contributed by atoms with E-state index in [2.05, 4.69) is 31.2 Å². The van der Waals surface area contributed by atoms with Gasteiger partial charge in [-0.3, -0.25) is 0 Å². The van der Waals surface area contributed by atoms with E-state index in [1.54, 1.807) is 16.0 Å². The summed E-state index contributed by atoms with van der Waals surface area (Å²) < 4.78 is 1.66. The highest BCUT2D eigenvalue weighted by molar-refractivity contribution is 7.09. The topological polar surface area (TPSA) is 68.5 Å². The molecule has 1 N–H and O–H groups in total. The Kier molecular flexibility index (Phi) is 3.42. The molecule has 0 fully saturated rings. The summed E-state index contributed by atoms with van der Waals surface area (Å²) in [5.74, 6) is 0.749. The average Bonchev–Trinajstić information content (AvgIpc) is 3.05. The standard InChI is InChI=1S/C13H14N6S/c1-9-8-20-12(15-9)7-14-11-5-3-4-10(6-11)13-16-17-18-19(13)2/h3-6,8,14H,7H2,1-2H3. The van der Waals surface area contributed by atoms with E-state index >= 15 is 0 Å². The predicted molar refractivity (Wildman–Crippen MR) is 78.4 cm³/mol. The van der Waals surface area contributed by atoms with Gasteiger partial charge in [-0.05, 0) is 29.5 Å².